The maximum atomic E-state index is 5.87. The van der Waals surface area contributed by atoms with E-state index in [2.05, 4.69) is 22.2 Å². The van der Waals surface area contributed by atoms with Crippen LogP contribution in [0.15, 0.2) is 30.9 Å². The second-order valence-electron chi connectivity index (χ2n) is 4.10. The summed E-state index contributed by atoms with van der Waals surface area (Å²) in [6, 6.07) is 3.69. The predicted octanol–water partition coefficient (Wildman–Crippen LogP) is 1.37. The molecule has 0 bridgehead atoms. The van der Waals surface area contributed by atoms with E-state index in [0.29, 0.717) is 17.4 Å². The fourth-order valence-electron chi connectivity index (χ4n) is 1.67. The standard InChI is InChI=1S/C12H17N5O/c1-9(7-17-6-5-14-8-17)15-12-10(13)3-4-11(16-12)18-2/h3-6,8-9H,7,13H2,1-2H3,(H,15,16). The highest BCUT2D eigenvalue weighted by Gasteiger charge is 2.08. The molecule has 0 aliphatic rings. The number of pyridine rings is 1. The Morgan fingerprint density at radius 2 is 2.33 bits per heavy atom. The Labute approximate surface area is 106 Å². The van der Waals surface area contributed by atoms with Crippen LogP contribution >= 0.6 is 0 Å². The van der Waals surface area contributed by atoms with Crippen molar-refractivity contribution in [1.29, 1.82) is 0 Å². The molecule has 6 nitrogen and oxygen atoms in total. The lowest BCUT2D eigenvalue weighted by atomic mass is 10.3. The second kappa shape index (κ2) is 5.39. The molecule has 2 rings (SSSR count). The molecule has 1 unspecified atom stereocenters. The molecule has 1 atom stereocenters. The molecule has 2 aromatic heterocycles. The van der Waals surface area contributed by atoms with Crippen LogP contribution < -0.4 is 15.8 Å². The number of nitrogens with one attached hydrogen (secondary N) is 1. The first-order valence-electron chi connectivity index (χ1n) is 5.72. The van der Waals surface area contributed by atoms with Crippen molar-refractivity contribution >= 4 is 11.5 Å². The van der Waals surface area contributed by atoms with E-state index in [1.54, 1.807) is 31.8 Å². The van der Waals surface area contributed by atoms with Gasteiger partial charge >= 0.3 is 0 Å². The maximum Gasteiger partial charge on any atom is 0.215 e. The van der Waals surface area contributed by atoms with Crippen molar-refractivity contribution in [1.82, 2.24) is 14.5 Å². The fourth-order valence-corrected chi connectivity index (χ4v) is 1.67. The van der Waals surface area contributed by atoms with Crippen molar-refractivity contribution in [2.45, 2.75) is 19.5 Å². The topological polar surface area (TPSA) is 78.0 Å². The van der Waals surface area contributed by atoms with Crippen molar-refractivity contribution in [2.75, 3.05) is 18.2 Å². The van der Waals surface area contributed by atoms with E-state index in [1.165, 1.54) is 0 Å². The number of aromatic nitrogens is 3. The second-order valence-corrected chi connectivity index (χ2v) is 4.10. The SMILES string of the molecule is COc1ccc(N)c(NC(C)Cn2ccnc2)n1. The van der Waals surface area contributed by atoms with E-state index in [-0.39, 0.29) is 6.04 Å². The van der Waals surface area contributed by atoms with E-state index < -0.39 is 0 Å². The molecule has 2 heterocycles. The summed E-state index contributed by atoms with van der Waals surface area (Å²) < 4.78 is 7.07. The van der Waals surface area contributed by atoms with Gasteiger partial charge in [-0.15, -0.1) is 0 Å². The summed E-state index contributed by atoms with van der Waals surface area (Å²) in [6.45, 7) is 2.85. The minimum absolute atomic E-state index is 0.182. The summed E-state index contributed by atoms with van der Waals surface area (Å²) in [7, 11) is 1.58. The Hall–Kier alpha value is -2.24. The number of anilines is 2. The average Bonchev–Trinajstić information content (AvgIpc) is 2.84. The van der Waals surface area contributed by atoms with Gasteiger partial charge in [0.1, 0.15) is 0 Å². The lowest BCUT2D eigenvalue weighted by molar-refractivity contribution is 0.398. The Balaban J connectivity index is 2.04. The van der Waals surface area contributed by atoms with E-state index >= 15 is 0 Å². The first kappa shape index (κ1) is 12.2. The highest BCUT2D eigenvalue weighted by atomic mass is 16.5. The molecule has 18 heavy (non-hydrogen) atoms. The zero-order chi connectivity index (χ0) is 13.0. The van der Waals surface area contributed by atoms with Crippen molar-refractivity contribution in [3.63, 3.8) is 0 Å². The van der Waals surface area contributed by atoms with Crippen LogP contribution in [0.2, 0.25) is 0 Å². The van der Waals surface area contributed by atoms with Gasteiger partial charge in [0.25, 0.3) is 0 Å². The summed E-state index contributed by atoms with van der Waals surface area (Å²) in [5, 5.41) is 3.26. The normalized spacial score (nSPS) is 12.1. The number of hydrogen-bond acceptors (Lipinski definition) is 5. The minimum Gasteiger partial charge on any atom is -0.481 e. The number of nitrogens with two attached hydrogens (primary N) is 1. The third kappa shape index (κ3) is 2.91. The van der Waals surface area contributed by atoms with Crippen LogP contribution in [0.1, 0.15) is 6.92 Å². The van der Waals surface area contributed by atoms with E-state index in [1.807, 2.05) is 10.8 Å². The summed E-state index contributed by atoms with van der Waals surface area (Å²) >= 11 is 0. The van der Waals surface area contributed by atoms with Gasteiger partial charge < -0.3 is 20.4 Å². The van der Waals surface area contributed by atoms with E-state index in [9.17, 15) is 0 Å². The predicted molar refractivity (Wildman–Crippen MR) is 70.5 cm³/mol. The maximum absolute atomic E-state index is 5.87. The van der Waals surface area contributed by atoms with Crippen LogP contribution in [0.25, 0.3) is 0 Å². The molecule has 3 N–H and O–H groups in total. The Kier molecular flexibility index (Phi) is 3.66. The molecule has 6 heteroatoms. The Morgan fingerprint density at radius 1 is 1.50 bits per heavy atom. The number of imidazole rings is 1. The Morgan fingerprint density at radius 3 is 3.00 bits per heavy atom. The van der Waals surface area contributed by atoms with Gasteiger partial charge in [-0.1, -0.05) is 0 Å². The summed E-state index contributed by atoms with van der Waals surface area (Å²) in [4.78, 5) is 8.28. The van der Waals surface area contributed by atoms with Crippen LogP contribution in [0, 0.1) is 0 Å². The van der Waals surface area contributed by atoms with Crippen molar-refractivity contribution in [3.05, 3.63) is 30.9 Å². The number of nitrogens with zero attached hydrogens (tertiary/aromatic N) is 3. The number of nitrogen functional groups attached to an aromatic ring is 1. The quantitative estimate of drug-likeness (QED) is 0.834. The first-order chi connectivity index (χ1) is 8.69. The fraction of sp³-hybridized carbons (Fsp3) is 0.333. The number of rotatable bonds is 5. The monoisotopic (exact) mass is 247 g/mol. The minimum atomic E-state index is 0.182. The van der Waals surface area contributed by atoms with Crippen molar-refractivity contribution in [2.24, 2.45) is 0 Å². The molecular formula is C12H17N5O. The molecule has 0 spiro atoms. The van der Waals surface area contributed by atoms with Gasteiger partial charge in [-0.2, -0.15) is 4.98 Å². The molecule has 96 valence electrons. The third-order valence-corrected chi connectivity index (χ3v) is 2.54. The average molecular weight is 247 g/mol. The smallest absolute Gasteiger partial charge is 0.215 e. The molecule has 2 aromatic rings. The van der Waals surface area contributed by atoms with Gasteiger partial charge in [0, 0.05) is 31.0 Å². The molecule has 0 amide bonds. The van der Waals surface area contributed by atoms with Gasteiger partial charge in [-0.25, -0.2) is 4.98 Å². The highest BCUT2D eigenvalue weighted by molar-refractivity contribution is 5.62. The zero-order valence-electron chi connectivity index (χ0n) is 10.5. The summed E-state index contributed by atoms with van der Waals surface area (Å²) in [5.41, 5.74) is 6.47. The largest absolute Gasteiger partial charge is 0.481 e. The van der Waals surface area contributed by atoms with Crippen LogP contribution in [0.4, 0.5) is 11.5 Å². The molecular weight excluding hydrogens is 230 g/mol. The third-order valence-electron chi connectivity index (χ3n) is 2.54. The first-order valence-corrected chi connectivity index (χ1v) is 5.72. The molecule has 0 aromatic carbocycles. The van der Waals surface area contributed by atoms with Gasteiger partial charge in [0.05, 0.1) is 19.1 Å². The molecule has 0 radical (unpaired) electrons. The van der Waals surface area contributed by atoms with Gasteiger partial charge in [0.2, 0.25) is 5.88 Å². The molecule has 0 aliphatic heterocycles. The summed E-state index contributed by atoms with van der Waals surface area (Å²) in [6.07, 6.45) is 5.45. The lowest BCUT2D eigenvalue weighted by Gasteiger charge is -2.16. The van der Waals surface area contributed by atoms with E-state index in [4.69, 9.17) is 10.5 Å². The molecule has 0 fully saturated rings. The summed E-state index contributed by atoms with van der Waals surface area (Å²) in [5.74, 6) is 1.18. The highest BCUT2D eigenvalue weighted by Crippen LogP contribution is 2.20. The van der Waals surface area contributed by atoms with Crippen LogP contribution in [0.5, 0.6) is 5.88 Å². The van der Waals surface area contributed by atoms with Crippen LogP contribution in [0.3, 0.4) is 0 Å². The van der Waals surface area contributed by atoms with Gasteiger partial charge in [-0.05, 0) is 13.0 Å². The lowest BCUT2D eigenvalue weighted by Crippen LogP contribution is -2.22. The van der Waals surface area contributed by atoms with Crippen LogP contribution in [-0.4, -0.2) is 27.7 Å². The van der Waals surface area contributed by atoms with Crippen LogP contribution in [-0.2, 0) is 6.54 Å². The van der Waals surface area contributed by atoms with Gasteiger partial charge in [-0.3, -0.25) is 0 Å². The Bertz CT molecular complexity index is 497. The number of methoxy groups -OCH3 is 1. The van der Waals surface area contributed by atoms with Gasteiger partial charge in [0.15, 0.2) is 5.82 Å². The van der Waals surface area contributed by atoms with E-state index in [0.717, 1.165) is 6.54 Å². The molecule has 0 saturated carbocycles. The van der Waals surface area contributed by atoms with Crippen molar-refractivity contribution in [3.8, 4) is 5.88 Å². The molecule has 0 saturated heterocycles. The molecule has 0 aliphatic carbocycles. The van der Waals surface area contributed by atoms with Crippen molar-refractivity contribution < 1.29 is 4.74 Å². The number of hydrogen-bond donors (Lipinski definition) is 2. The zero-order valence-corrected chi connectivity index (χ0v) is 10.5. The number of ether oxygens (including phenoxy) is 1.